The zero-order valence-corrected chi connectivity index (χ0v) is 21.0. The summed E-state index contributed by atoms with van der Waals surface area (Å²) in [4.78, 5) is 38.1. The first-order valence-electron chi connectivity index (χ1n) is 10.8. The number of aromatic nitrogens is 5. The van der Waals surface area contributed by atoms with Crippen molar-refractivity contribution in [3.8, 4) is 23.4 Å². The van der Waals surface area contributed by atoms with Crippen molar-refractivity contribution >= 4 is 23.2 Å². The van der Waals surface area contributed by atoms with Gasteiger partial charge in [-0.3, -0.25) is 14.6 Å². The van der Waals surface area contributed by atoms with Crippen LogP contribution in [0.5, 0.6) is 11.6 Å². The molecule has 0 aliphatic heterocycles. The van der Waals surface area contributed by atoms with Gasteiger partial charge in [0.15, 0.2) is 5.75 Å². The second-order valence-corrected chi connectivity index (χ2v) is 9.15. The lowest BCUT2D eigenvalue weighted by Crippen LogP contribution is -2.33. The Labute approximate surface area is 223 Å². The Bertz CT molecular complexity index is 1710. The molecule has 0 spiro atoms. The molecule has 194 valence electrons. The van der Waals surface area contributed by atoms with Gasteiger partial charge in [-0.25, -0.2) is 9.89 Å². The molecule has 2 heterocycles. The monoisotopic (exact) mass is 556 g/mol. The van der Waals surface area contributed by atoms with Gasteiger partial charge in [-0.1, -0.05) is 47.5 Å². The number of hydrogen-bond donors (Lipinski definition) is 4. The van der Waals surface area contributed by atoms with Gasteiger partial charge in [0.25, 0.3) is 11.1 Å². The number of aliphatic hydroxyl groups is 2. The van der Waals surface area contributed by atoms with E-state index in [2.05, 4.69) is 15.3 Å². The van der Waals surface area contributed by atoms with Gasteiger partial charge in [-0.15, -0.1) is 10.2 Å². The van der Waals surface area contributed by atoms with Crippen LogP contribution < -0.4 is 21.5 Å². The van der Waals surface area contributed by atoms with Gasteiger partial charge in [0.05, 0.1) is 22.3 Å². The summed E-state index contributed by atoms with van der Waals surface area (Å²) in [5, 5.41) is 38.3. The molecule has 0 aliphatic carbocycles. The fourth-order valence-electron chi connectivity index (χ4n) is 3.42. The van der Waals surface area contributed by atoms with E-state index in [1.165, 1.54) is 25.1 Å². The third-order valence-electron chi connectivity index (χ3n) is 5.50. The summed E-state index contributed by atoms with van der Waals surface area (Å²) in [6.45, 7) is 1.04. The first-order valence-corrected chi connectivity index (χ1v) is 11.6. The highest BCUT2D eigenvalue weighted by molar-refractivity contribution is 6.37. The third kappa shape index (κ3) is 5.51. The minimum absolute atomic E-state index is 0.0258. The second kappa shape index (κ2) is 10.6. The Morgan fingerprint density at radius 2 is 1.76 bits per heavy atom. The number of hydrogen-bond acceptors (Lipinski definition) is 9. The maximum Gasteiger partial charge on any atom is 0.349 e. The summed E-state index contributed by atoms with van der Waals surface area (Å²) in [6.07, 6.45) is 0.207. The molecule has 2 aromatic heterocycles. The Morgan fingerprint density at radius 1 is 1.11 bits per heavy atom. The van der Waals surface area contributed by atoms with Crippen LogP contribution in [0.15, 0.2) is 56.8 Å². The van der Waals surface area contributed by atoms with Crippen LogP contribution >= 0.6 is 23.2 Å². The molecule has 4 aromatic rings. The van der Waals surface area contributed by atoms with E-state index in [9.17, 15) is 24.6 Å². The second-order valence-electron chi connectivity index (χ2n) is 8.34. The highest BCUT2D eigenvalue weighted by Crippen LogP contribution is 2.37. The van der Waals surface area contributed by atoms with Crippen molar-refractivity contribution in [1.29, 1.82) is 5.26 Å². The van der Waals surface area contributed by atoms with Crippen LogP contribution in [0.3, 0.4) is 0 Å². The Morgan fingerprint density at radius 3 is 2.37 bits per heavy atom. The number of H-pyrrole nitrogens is 2. The highest BCUT2D eigenvalue weighted by atomic mass is 35.5. The average molecular weight is 557 g/mol. The fraction of sp³-hybridized carbons (Fsp3) is 0.167. The quantitative estimate of drug-likeness (QED) is 0.263. The lowest BCUT2D eigenvalue weighted by molar-refractivity contribution is -0.00229. The lowest BCUT2D eigenvalue weighted by atomic mass is 9.95. The molecule has 1 unspecified atom stereocenters. The van der Waals surface area contributed by atoms with Crippen molar-refractivity contribution in [3.63, 3.8) is 0 Å². The van der Waals surface area contributed by atoms with Crippen molar-refractivity contribution in [2.24, 2.45) is 0 Å². The maximum atomic E-state index is 12.4. The first kappa shape index (κ1) is 26.8. The molecule has 0 radical (unpaired) electrons. The molecule has 4 N–H and O–H groups in total. The number of nitrogens with zero attached hydrogens (tertiary/aromatic N) is 4. The van der Waals surface area contributed by atoms with Gasteiger partial charge in [0.1, 0.15) is 11.7 Å². The summed E-state index contributed by atoms with van der Waals surface area (Å²) >= 11 is 12.7. The van der Waals surface area contributed by atoms with E-state index in [1.807, 2.05) is 4.98 Å². The van der Waals surface area contributed by atoms with Gasteiger partial charge in [0, 0.05) is 18.1 Å². The molecule has 0 saturated carbocycles. The van der Waals surface area contributed by atoms with Crippen LogP contribution in [0, 0.1) is 11.3 Å². The van der Waals surface area contributed by atoms with Crippen molar-refractivity contribution in [3.05, 3.63) is 106 Å². The van der Waals surface area contributed by atoms with Crippen molar-refractivity contribution in [2.75, 3.05) is 6.61 Å². The summed E-state index contributed by atoms with van der Waals surface area (Å²) < 4.78 is 6.47. The molecule has 12 nitrogen and oxygen atoms in total. The summed E-state index contributed by atoms with van der Waals surface area (Å²) in [5.41, 5.74) is -2.57. The van der Waals surface area contributed by atoms with E-state index in [1.54, 1.807) is 30.3 Å². The molecule has 38 heavy (non-hydrogen) atoms. The molecule has 4 rings (SSSR count). The Hall–Kier alpha value is -4.28. The predicted molar refractivity (Wildman–Crippen MR) is 136 cm³/mol. The number of ether oxygens (including phenoxy) is 1. The number of rotatable bonds is 7. The van der Waals surface area contributed by atoms with E-state index >= 15 is 0 Å². The number of nitrogens with one attached hydrogen (secondary N) is 2. The lowest BCUT2D eigenvalue weighted by Gasteiger charge is -2.21. The predicted octanol–water partition coefficient (Wildman–Crippen LogP) is 1.77. The zero-order chi connectivity index (χ0) is 27.6. The summed E-state index contributed by atoms with van der Waals surface area (Å²) in [7, 11) is 0. The molecule has 0 amide bonds. The van der Waals surface area contributed by atoms with Gasteiger partial charge in [0.2, 0.25) is 11.6 Å². The highest BCUT2D eigenvalue weighted by Gasteiger charge is 2.21. The molecular formula is C24H18Cl2N6O6. The van der Waals surface area contributed by atoms with E-state index in [0.717, 1.165) is 10.2 Å². The van der Waals surface area contributed by atoms with E-state index in [4.69, 9.17) is 33.2 Å². The minimum Gasteiger partial charge on any atom is -0.434 e. The Balaban J connectivity index is 1.61. The third-order valence-corrected chi connectivity index (χ3v) is 6.06. The van der Waals surface area contributed by atoms with Crippen molar-refractivity contribution in [1.82, 2.24) is 25.0 Å². The molecule has 0 bridgehead atoms. The number of nitriles is 1. The molecule has 0 aliphatic rings. The molecular weight excluding hydrogens is 539 g/mol. The first-order chi connectivity index (χ1) is 18.0. The molecule has 0 saturated heterocycles. The van der Waals surface area contributed by atoms with E-state index in [0.29, 0.717) is 11.1 Å². The standard InChI is InChI=1S/C24H18Cl2N6O6/c1-24(37,11-33)14-4-2-12(3-5-14)6-13-7-19(29-30-21(13)34)38-20-16(25)8-15(9-17(20)26)32-23(36)28-22(35)18(10-27)31-32/h2-5,7-9,33,37H,6,11H2,1H3,(H,30,34)(H,28,35,36). The fourth-order valence-corrected chi connectivity index (χ4v) is 3.97. The molecule has 2 aromatic carbocycles. The molecule has 0 fully saturated rings. The van der Waals surface area contributed by atoms with Gasteiger partial charge < -0.3 is 14.9 Å². The number of aliphatic hydroxyl groups excluding tert-OH is 1. The van der Waals surface area contributed by atoms with Crippen LogP contribution in [-0.2, 0) is 12.0 Å². The van der Waals surface area contributed by atoms with Gasteiger partial charge in [-0.2, -0.15) is 9.94 Å². The van der Waals surface area contributed by atoms with E-state index in [-0.39, 0.29) is 33.8 Å². The molecule has 14 heteroatoms. The van der Waals surface area contributed by atoms with Crippen LogP contribution in [0.25, 0.3) is 5.69 Å². The smallest absolute Gasteiger partial charge is 0.349 e. The van der Waals surface area contributed by atoms with Crippen molar-refractivity contribution < 1.29 is 14.9 Å². The normalized spacial score (nSPS) is 12.5. The molecule has 1 atom stereocenters. The SMILES string of the molecule is CC(O)(CO)c1ccc(Cc2cc(Oc3c(Cl)cc(-n4nc(C#N)c(=O)[nH]c4=O)cc3Cl)n[nH]c2=O)cc1. The van der Waals surface area contributed by atoms with Crippen LogP contribution in [0.2, 0.25) is 10.0 Å². The van der Waals surface area contributed by atoms with Gasteiger partial charge >= 0.3 is 5.69 Å². The number of benzene rings is 2. The van der Waals surface area contributed by atoms with E-state index < -0.39 is 34.7 Å². The summed E-state index contributed by atoms with van der Waals surface area (Å²) in [5.74, 6) is -0.0572. The van der Waals surface area contributed by atoms with Gasteiger partial charge in [-0.05, 0) is 30.2 Å². The zero-order valence-electron chi connectivity index (χ0n) is 19.5. The minimum atomic E-state index is -1.39. The van der Waals surface area contributed by atoms with Crippen LogP contribution in [-0.4, -0.2) is 41.8 Å². The maximum absolute atomic E-state index is 12.4. The average Bonchev–Trinajstić information content (AvgIpc) is 2.88. The Kier molecular flexibility index (Phi) is 7.47. The van der Waals surface area contributed by atoms with Crippen LogP contribution in [0.4, 0.5) is 0 Å². The van der Waals surface area contributed by atoms with Crippen molar-refractivity contribution in [2.45, 2.75) is 18.9 Å². The summed E-state index contributed by atoms with van der Waals surface area (Å²) in [6, 6.07) is 12.3. The number of aromatic amines is 2. The topological polar surface area (TPSA) is 187 Å². The van der Waals surface area contributed by atoms with Crippen LogP contribution in [0.1, 0.15) is 29.3 Å². The number of halogens is 2. The largest absolute Gasteiger partial charge is 0.434 e.